The molecule has 0 spiro atoms. The summed E-state index contributed by atoms with van der Waals surface area (Å²) in [5.74, 6) is -2.37. The van der Waals surface area contributed by atoms with E-state index < -0.39 is 36.1 Å². The minimum absolute atomic E-state index is 0.0409. The summed E-state index contributed by atoms with van der Waals surface area (Å²) in [6.07, 6.45) is -1.65. The quantitative estimate of drug-likeness (QED) is 0.833. The summed E-state index contributed by atoms with van der Waals surface area (Å²) in [5.41, 5.74) is 0. The van der Waals surface area contributed by atoms with Gasteiger partial charge in [0.15, 0.2) is 0 Å². The van der Waals surface area contributed by atoms with Crippen LogP contribution in [-0.2, 0) is 4.79 Å². The zero-order chi connectivity index (χ0) is 17.2. The van der Waals surface area contributed by atoms with Crippen LogP contribution in [0.3, 0.4) is 0 Å². The zero-order valence-corrected chi connectivity index (χ0v) is 13.1. The Labute approximate surface area is 133 Å². The van der Waals surface area contributed by atoms with Gasteiger partial charge in [-0.3, -0.25) is 4.79 Å². The molecule has 5 nitrogen and oxygen atoms in total. The smallest absolute Gasteiger partial charge is 0.408 e. The number of carbonyl (C=O) groups is 2. The van der Waals surface area contributed by atoms with Crippen molar-refractivity contribution in [2.24, 2.45) is 17.8 Å². The van der Waals surface area contributed by atoms with E-state index in [1.54, 1.807) is 6.92 Å². The van der Waals surface area contributed by atoms with E-state index in [-0.39, 0.29) is 19.0 Å². The molecule has 2 amide bonds. The lowest BCUT2D eigenvalue weighted by atomic mass is 9.90. The van der Waals surface area contributed by atoms with Gasteiger partial charge in [0, 0.05) is 13.1 Å². The number of halogens is 3. The van der Waals surface area contributed by atoms with Crippen LogP contribution in [-0.4, -0.2) is 47.3 Å². The first-order valence-corrected chi connectivity index (χ1v) is 8.03. The van der Waals surface area contributed by atoms with Crippen LogP contribution in [0.5, 0.6) is 0 Å². The Morgan fingerprint density at radius 3 is 2.35 bits per heavy atom. The predicted molar refractivity (Wildman–Crippen MR) is 76.8 cm³/mol. The summed E-state index contributed by atoms with van der Waals surface area (Å²) in [4.78, 5) is 24.6. The van der Waals surface area contributed by atoms with Crippen LogP contribution in [0.2, 0.25) is 0 Å². The number of carboxylic acid groups (broad SMARTS) is 1. The average molecular weight is 336 g/mol. The highest BCUT2D eigenvalue weighted by Gasteiger charge is 2.47. The molecule has 8 heteroatoms. The number of amides is 2. The summed E-state index contributed by atoms with van der Waals surface area (Å²) in [6, 6.07) is -2.66. The first-order chi connectivity index (χ1) is 10.7. The highest BCUT2D eigenvalue weighted by atomic mass is 19.4. The van der Waals surface area contributed by atoms with E-state index in [0.29, 0.717) is 19.3 Å². The van der Waals surface area contributed by atoms with E-state index >= 15 is 0 Å². The first-order valence-electron chi connectivity index (χ1n) is 8.03. The second-order valence-corrected chi connectivity index (χ2v) is 6.79. The molecule has 0 aromatic rings. The maximum atomic E-state index is 13.3. The molecule has 2 N–H and O–H groups in total. The number of urea groups is 1. The Kier molecular flexibility index (Phi) is 5.41. The van der Waals surface area contributed by atoms with E-state index in [2.05, 4.69) is 5.32 Å². The Bertz CT molecular complexity index is 450. The number of piperidine rings is 1. The molecular weight excluding hydrogens is 313 g/mol. The average Bonchev–Trinajstić information content (AvgIpc) is 2.96. The van der Waals surface area contributed by atoms with E-state index in [1.807, 2.05) is 0 Å². The van der Waals surface area contributed by atoms with Gasteiger partial charge < -0.3 is 15.3 Å². The number of aliphatic carboxylic acids is 1. The normalized spacial score (nSPS) is 27.7. The van der Waals surface area contributed by atoms with Crippen LogP contribution < -0.4 is 5.32 Å². The molecule has 1 heterocycles. The molecule has 1 aliphatic carbocycles. The summed E-state index contributed by atoms with van der Waals surface area (Å²) >= 11 is 0. The number of nitrogens with one attached hydrogen (secondary N) is 1. The molecule has 3 atom stereocenters. The van der Waals surface area contributed by atoms with Crippen molar-refractivity contribution in [1.29, 1.82) is 0 Å². The maximum Gasteiger partial charge on any atom is 0.408 e. The summed E-state index contributed by atoms with van der Waals surface area (Å²) in [7, 11) is 0. The molecule has 2 rings (SSSR count). The van der Waals surface area contributed by atoms with E-state index in [4.69, 9.17) is 5.11 Å². The van der Waals surface area contributed by atoms with Crippen LogP contribution in [0.25, 0.3) is 0 Å². The molecular formula is C15H23F3N2O3. The highest BCUT2D eigenvalue weighted by Crippen LogP contribution is 2.36. The molecule has 1 saturated carbocycles. The molecule has 2 fully saturated rings. The van der Waals surface area contributed by atoms with Crippen molar-refractivity contribution >= 4 is 12.0 Å². The lowest BCUT2D eigenvalue weighted by Crippen LogP contribution is -2.56. The van der Waals surface area contributed by atoms with E-state index in [1.165, 1.54) is 4.90 Å². The topological polar surface area (TPSA) is 69.6 Å². The number of rotatable bonds is 3. The highest BCUT2D eigenvalue weighted by molar-refractivity contribution is 5.77. The van der Waals surface area contributed by atoms with E-state index in [9.17, 15) is 22.8 Å². The van der Waals surface area contributed by atoms with Gasteiger partial charge in [-0.15, -0.1) is 0 Å². The van der Waals surface area contributed by atoms with Gasteiger partial charge in [0.25, 0.3) is 0 Å². The third kappa shape index (κ3) is 4.51. The van der Waals surface area contributed by atoms with Crippen LogP contribution in [0.1, 0.15) is 39.0 Å². The second-order valence-electron chi connectivity index (χ2n) is 6.79. The van der Waals surface area contributed by atoms with Gasteiger partial charge in [0.05, 0.1) is 5.92 Å². The Balaban J connectivity index is 2.04. The number of carbonyl (C=O) groups excluding carboxylic acids is 1. The Hall–Kier alpha value is -1.47. The van der Waals surface area contributed by atoms with Crippen molar-refractivity contribution in [3.8, 4) is 0 Å². The third-order valence-corrected chi connectivity index (χ3v) is 4.80. The molecule has 132 valence electrons. The van der Waals surface area contributed by atoms with Crippen molar-refractivity contribution in [2.45, 2.75) is 51.2 Å². The first kappa shape index (κ1) is 17.9. The van der Waals surface area contributed by atoms with Crippen molar-refractivity contribution in [3.05, 3.63) is 0 Å². The molecule has 1 saturated heterocycles. The Morgan fingerprint density at radius 2 is 1.83 bits per heavy atom. The van der Waals surface area contributed by atoms with Gasteiger partial charge in [0.1, 0.15) is 6.04 Å². The van der Waals surface area contributed by atoms with Gasteiger partial charge in [-0.1, -0.05) is 19.8 Å². The summed E-state index contributed by atoms with van der Waals surface area (Å²) < 4.78 is 39.8. The molecule has 0 bridgehead atoms. The SMILES string of the molecule is CC1CC(C(=O)O)CN(C(=O)NC(C2CCCC2)C(F)(F)F)C1. The van der Waals surface area contributed by atoms with Crippen LogP contribution >= 0.6 is 0 Å². The fourth-order valence-electron chi connectivity index (χ4n) is 3.68. The molecule has 1 aliphatic heterocycles. The lowest BCUT2D eigenvalue weighted by molar-refractivity contribution is -0.165. The zero-order valence-electron chi connectivity index (χ0n) is 13.1. The predicted octanol–water partition coefficient (Wildman–Crippen LogP) is 2.86. The van der Waals surface area contributed by atoms with Gasteiger partial charge in [0.2, 0.25) is 0 Å². The number of hydrogen-bond donors (Lipinski definition) is 2. The minimum atomic E-state index is -4.49. The number of nitrogens with zero attached hydrogens (tertiary/aromatic N) is 1. The maximum absolute atomic E-state index is 13.3. The summed E-state index contributed by atoms with van der Waals surface area (Å²) in [6.45, 7) is 2.04. The molecule has 0 aromatic heterocycles. The molecule has 2 aliphatic rings. The fourth-order valence-corrected chi connectivity index (χ4v) is 3.68. The van der Waals surface area contributed by atoms with Crippen molar-refractivity contribution in [3.63, 3.8) is 0 Å². The molecule has 0 radical (unpaired) electrons. The Morgan fingerprint density at radius 1 is 1.22 bits per heavy atom. The van der Waals surface area contributed by atoms with Crippen molar-refractivity contribution in [1.82, 2.24) is 10.2 Å². The van der Waals surface area contributed by atoms with Gasteiger partial charge in [-0.05, 0) is 31.1 Å². The summed E-state index contributed by atoms with van der Waals surface area (Å²) in [5, 5.41) is 11.2. The number of carboxylic acids is 1. The van der Waals surface area contributed by atoms with Gasteiger partial charge >= 0.3 is 18.2 Å². The number of alkyl halides is 3. The molecule has 23 heavy (non-hydrogen) atoms. The largest absolute Gasteiger partial charge is 0.481 e. The minimum Gasteiger partial charge on any atom is -0.481 e. The van der Waals surface area contributed by atoms with Crippen LogP contribution in [0.15, 0.2) is 0 Å². The number of likely N-dealkylation sites (tertiary alicyclic amines) is 1. The number of hydrogen-bond acceptors (Lipinski definition) is 2. The van der Waals surface area contributed by atoms with Crippen LogP contribution in [0.4, 0.5) is 18.0 Å². The van der Waals surface area contributed by atoms with Gasteiger partial charge in [-0.2, -0.15) is 13.2 Å². The van der Waals surface area contributed by atoms with E-state index in [0.717, 1.165) is 12.8 Å². The molecule has 0 aromatic carbocycles. The van der Waals surface area contributed by atoms with Crippen LogP contribution in [0, 0.1) is 17.8 Å². The second kappa shape index (κ2) is 6.97. The third-order valence-electron chi connectivity index (χ3n) is 4.80. The molecule has 3 unspecified atom stereocenters. The van der Waals surface area contributed by atoms with Crippen molar-refractivity contribution in [2.75, 3.05) is 13.1 Å². The van der Waals surface area contributed by atoms with Crippen molar-refractivity contribution < 1.29 is 27.9 Å². The standard InChI is InChI=1S/C15H23F3N2O3/c1-9-6-11(13(21)22)8-20(7-9)14(23)19-12(15(16,17)18)10-4-2-3-5-10/h9-12H,2-8H2,1H3,(H,19,23)(H,21,22). The lowest BCUT2D eigenvalue weighted by Gasteiger charge is -2.36. The monoisotopic (exact) mass is 336 g/mol. The van der Waals surface area contributed by atoms with Gasteiger partial charge in [-0.25, -0.2) is 4.79 Å². The fraction of sp³-hybridized carbons (Fsp3) is 0.867.